The fourth-order valence-corrected chi connectivity index (χ4v) is 8.82. The molecule has 22 nitrogen and oxygen atoms in total. The monoisotopic (exact) mass is 1180 g/mol. The van der Waals surface area contributed by atoms with Crippen molar-refractivity contribution in [3.05, 3.63) is 72.8 Å². The number of azo groups is 2. The number of nitrogens with zero attached hydrogens (tertiary/aromatic N) is 4. The first-order valence-corrected chi connectivity index (χ1v) is 21.8. The number of hydrogen-bond donors (Lipinski definition) is 4. The summed E-state index contributed by atoms with van der Waals surface area (Å²) in [4.78, 5) is -4.59. The summed E-state index contributed by atoms with van der Waals surface area (Å²) in [6.45, 7) is 0. The fourth-order valence-electron chi connectivity index (χ4n) is 5.98. The van der Waals surface area contributed by atoms with Crippen molar-refractivity contribution in [2.45, 2.75) is 19.6 Å². The molecular formula is C34H24Ba2N6O16S4. The Morgan fingerprint density at radius 1 is 0.500 bits per heavy atom. The third kappa shape index (κ3) is 10.3. The van der Waals surface area contributed by atoms with Gasteiger partial charge in [-0.1, -0.05) is 35.8 Å². The Hall–Kier alpha value is -3.38. The van der Waals surface area contributed by atoms with E-state index in [1.54, 1.807) is 12.1 Å². The average molecular weight is 1180 g/mol. The van der Waals surface area contributed by atoms with Gasteiger partial charge in [0.2, 0.25) is 0 Å². The SMILES string of the molecule is COc1cc(-c2ccc(N=Nc3ccc4c(S(=O)(=O)[O-])cc(S(=O)(=O)O)c(N)c4c3[O-])c(OC)c2)ccc1N=Nc1ccc2c(S(=O)(=O)[O-])cc(S(=O)(=O)O)c(N)c2c1[O-].[Ba+2].[Ba+2]. The van der Waals surface area contributed by atoms with Gasteiger partial charge in [0.05, 0.1) is 46.8 Å². The van der Waals surface area contributed by atoms with Crippen molar-refractivity contribution in [2.75, 3.05) is 25.7 Å². The van der Waals surface area contributed by atoms with Crippen LogP contribution in [0.15, 0.2) is 113 Å². The summed E-state index contributed by atoms with van der Waals surface area (Å²) >= 11 is 0. The van der Waals surface area contributed by atoms with Crippen molar-refractivity contribution >= 4 is 194 Å². The van der Waals surface area contributed by atoms with Crippen LogP contribution in [-0.4, -0.2) is 164 Å². The Labute approximate surface area is 432 Å². The number of nitrogen functional groups attached to an aromatic ring is 2. The third-order valence-electron chi connectivity index (χ3n) is 8.72. The molecule has 0 bridgehead atoms. The molecule has 0 amide bonds. The van der Waals surface area contributed by atoms with Gasteiger partial charge in [-0.2, -0.15) is 27.1 Å². The maximum absolute atomic E-state index is 13.4. The van der Waals surface area contributed by atoms with Crippen LogP contribution in [0.4, 0.5) is 34.1 Å². The minimum absolute atomic E-state index is 0. The Bertz CT molecular complexity index is 3130. The number of rotatable bonds is 11. The molecule has 0 unspecified atom stereocenters. The van der Waals surface area contributed by atoms with E-state index in [1.165, 1.54) is 38.5 Å². The van der Waals surface area contributed by atoms with Crippen LogP contribution in [0.5, 0.6) is 23.0 Å². The normalized spacial score (nSPS) is 12.4. The smallest absolute Gasteiger partial charge is 0.870 e. The molecule has 28 heteroatoms. The average Bonchev–Trinajstić information content (AvgIpc) is 3.15. The molecule has 62 heavy (non-hydrogen) atoms. The molecule has 0 aliphatic rings. The topological polar surface area (TPSA) is 389 Å². The van der Waals surface area contributed by atoms with Crippen LogP contribution in [0.3, 0.4) is 0 Å². The number of nitrogens with two attached hydrogens (primary N) is 2. The van der Waals surface area contributed by atoms with Crippen LogP contribution in [0.25, 0.3) is 32.7 Å². The first-order valence-electron chi connectivity index (χ1n) is 16.1. The van der Waals surface area contributed by atoms with E-state index in [4.69, 9.17) is 20.9 Å². The van der Waals surface area contributed by atoms with Crippen LogP contribution in [-0.2, 0) is 40.5 Å². The molecule has 0 fully saturated rings. The van der Waals surface area contributed by atoms with Gasteiger partial charge in [0.15, 0.2) is 0 Å². The maximum atomic E-state index is 13.4. The summed E-state index contributed by atoms with van der Waals surface area (Å²) in [5.41, 5.74) is 10.2. The predicted molar refractivity (Wildman–Crippen MR) is 216 cm³/mol. The quantitative estimate of drug-likeness (QED) is 0.0625. The molecule has 314 valence electrons. The zero-order chi connectivity index (χ0) is 44.3. The van der Waals surface area contributed by atoms with Crippen LogP contribution in [0.1, 0.15) is 0 Å². The van der Waals surface area contributed by atoms with Crippen molar-refractivity contribution in [3.8, 4) is 34.1 Å². The molecule has 6 aromatic rings. The zero-order valence-electron chi connectivity index (χ0n) is 31.5. The van der Waals surface area contributed by atoms with Gasteiger partial charge in [-0.3, -0.25) is 9.11 Å². The van der Waals surface area contributed by atoms with Gasteiger partial charge in [-0.15, -0.1) is 10.2 Å². The maximum Gasteiger partial charge on any atom is 2.00 e. The molecule has 0 atom stereocenters. The second-order valence-electron chi connectivity index (χ2n) is 12.3. The second kappa shape index (κ2) is 19.0. The van der Waals surface area contributed by atoms with E-state index in [9.17, 15) is 62.1 Å². The van der Waals surface area contributed by atoms with E-state index < -0.39 is 116 Å². The number of hydrogen-bond acceptors (Lipinski definition) is 20. The summed E-state index contributed by atoms with van der Waals surface area (Å²) < 4.78 is 149. The molecule has 6 aromatic carbocycles. The van der Waals surface area contributed by atoms with Crippen LogP contribution < -0.4 is 31.2 Å². The van der Waals surface area contributed by atoms with Crippen molar-refractivity contribution < 1.29 is 71.6 Å². The van der Waals surface area contributed by atoms with Gasteiger partial charge in [0.25, 0.3) is 20.2 Å². The van der Waals surface area contributed by atoms with Crippen LogP contribution in [0.2, 0.25) is 0 Å². The van der Waals surface area contributed by atoms with Crippen molar-refractivity contribution in [1.82, 2.24) is 0 Å². The van der Waals surface area contributed by atoms with Gasteiger partial charge >= 0.3 is 97.8 Å². The Balaban J connectivity index is 0.00000422. The van der Waals surface area contributed by atoms with Gasteiger partial charge in [0.1, 0.15) is 52.9 Å². The first kappa shape index (κ1) is 51.3. The molecule has 0 spiro atoms. The molecule has 6 N–H and O–H groups in total. The molecule has 0 saturated heterocycles. The fraction of sp³-hybridized carbons (Fsp3) is 0.0588. The van der Waals surface area contributed by atoms with Gasteiger partial charge < -0.3 is 40.3 Å². The van der Waals surface area contributed by atoms with E-state index in [1.807, 2.05) is 0 Å². The summed E-state index contributed by atoms with van der Waals surface area (Å²) in [6.07, 6.45) is 0. The standard InChI is InChI=1S/C34H28N6O16S4.2Ba/c1-55-23-11-15(3-7-19(23)37-39-21-9-5-17-25(57(43,44)45)13-27(59(49,50)51)31(35)29(17)33(21)41)16-4-8-20(24(12-16)56-2)38-40-22-10-6-18-26(58(46,47)48)14-28(60(52,53)54)32(36)30(18)34(22)42;;/h3-14,41-42H,35-36H2,1-2H3,(H,43,44,45)(H,46,47,48)(H,49,50,51)(H,52,53,54);;/q;2*+2/p-4. The minimum atomic E-state index is -5.36. The minimum Gasteiger partial charge on any atom is -0.870 e. The summed E-state index contributed by atoms with van der Waals surface area (Å²) in [5.74, 6) is -2.00. The first-order chi connectivity index (χ1) is 27.9. The van der Waals surface area contributed by atoms with E-state index in [-0.39, 0.29) is 121 Å². The van der Waals surface area contributed by atoms with Gasteiger partial charge in [-0.25, -0.2) is 16.8 Å². The molecule has 0 radical (unpaired) electrons. The molecule has 0 saturated carbocycles. The van der Waals surface area contributed by atoms with Gasteiger partial charge in [0, 0.05) is 21.5 Å². The third-order valence-corrected chi connectivity index (χ3v) is 12.3. The van der Waals surface area contributed by atoms with Crippen LogP contribution in [0, 0.1) is 0 Å². The Morgan fingerprint density at radius 2 is 0.806 bits per heavy atom. The Kier molecular flexibility index (Phi) is 15.7. The number of fused-ring (bicyclic) bond motifs is 2. The number of methoxy groups -OCH3 is 2. The zero-order valence-corrected chi connectivity index (χ0v) is 43.7. The number of anilines is 2. The van der Waals surface area contributed by atoms with Crippen molar-refractivity contribution in [3.63, 3.8) is 0 Å². The second-order valence-corrected chi connectivity index (χ2v) is 17.8. The molecule has 0 aliphatic carbocycles. The van der Waals surface area contributed by atoms with Crippen molar-refractivity contribution in [1.29, 1.82) is 0 Å². The van der Waals surface area contributed by atoms with Crippen LogP contribution >= 0.6 is 0 Å². The van der Waals surface area contributed by atoms with Crippen molar-refractivity contribution in [2.24, 2.45) is 20.5 Å². The van der Waals surface area contributed by atoms with Gasteiger partial charge in [-0.05, 0) is 59.7 Å². The number of ether oxygens (including phenoxy) is 2. The molecule has 0 aliphatic heterocycles. The van der Waals surface area contributed by atoms with E-state index in [0.29, 0.717) is 23.3 Å². The summed E-state index contributed by atoms with van der Waals surface area (Å²) in [5, 5.41) is 40.1. The van der Waals surface area contributed by atoms with E-state index in [2.05, 4.69) is 20.5 Å². The molecule has 0 aromatic heterocycles. The molecule has 0 heterocycles. The summed E-state index contributed by atoms with van der Waals surface area (Å²) in [6, 6.07) is 13.8. The van der Waals surface area contributed by atoms with E-state index >= 15 is 0 Å². The predicted octanol–water partition coefficient (Wildman–Crippen LogP) is 3.36. The molecule has 6 rings (SSSR count). The number of benzene rings is 6. The largest absolute Gasteiger partial charge is 2.00 e. The summed E-state index contributed by atoms with van der Waals surface area (Å²) in [7, 11) is -18.5. The Morgan fingerprint density at radius 3 is 1.10 bits per heavy atom. The van der Waals surface area contributed by atoms with E-state index in [0.717, 1.165) is 24.3 Å². The molecular weight excluding hydrogens is 1150 g/mol.